The van der Waals surface area contributed by atoms with Crippen LogP contribution in [0.15, 0.2) is 48.5 Å². The molecule has 31 heavy (non-hydrogen) atoms. The molecule has 0 aromatic heterocycles. The third kappa shape index (κ3) is 4.93. The van der Waals surface area contributed by atoms with E-state index in [9.17, 15) is 13.2 Å². The van der Waals surface area contributed by atoms with Crippen LogP contribution in [-0.4, -0.2) is 52.2 Å². The van der Waals surface area contributed by atoms with E-state index in [0.29, 0.717) is 38.9 Å². The van der Waals surface area contributed by atoms with Crippen molar-refractivity contribution in [3.05, 3.63) is 54.1 Å². The standard InChI is InChI=1S/C24H29NO5S/c1-29-22-8-3-2-7-21(22)19-6-4-5-18(15-19)16-24(10-12-30-13-11-24)23(26)25-20-9-14-31(27,28)17-20/h2-8,15,20H,9-14,16-17H2,1H3,(H,25,26). The first-order chi connectivity index (χ1) is 14.9. The van der Waals surface area contributed by atoms with Crippen LogP contribution >= 0.6 is 0 Å². The van der Waals surface area contributed by atoms with E-state index in [0.717, 1.165) is 22.4 Å². The van der Waals surface area contributed by atoms with Crippen molar-refractivity contribution < 1.29 is 22.7 Å². The Morgan fingerprint density at radius 3 is 2.65 bits per heavy atom. The van der Waals surface area contributed by atoms with Crippen molar-refractivity contribution in [1.29, 1.82) is 0 Å². The Morgan fingerprint density at radius 1 is 1.16 bits per heavy atom. The number of carbonyl (C=O) groups excluding carboxylic acids is 1. The smallest absolute Gasteiger partial charge is 0.226 e. The van der Waals surface area contributed by atoms with Gasteiger partial charge in [0, 0.05) is 24.8 Å². The summed E-state index contributed by atoms with van der Waals surface area (Å²) in [4.78, 5) is 13.4. The summed E-state index contributed by atoms with van der Waals surface area (Å²) in [5.74, 6) is 0.935. The van der Waals surface area contributed by atoms with E-state index in [1.54, 1.807) is 7.11 Å². The molecule has 2 aromatic carbocycles. The fourth-order valence-electron chi connectivity index (χ4n) is 4.62. The summed E-state index contributed by atoms with van der Waals surface area (Å²) in [5, 5.41) is 3.04. The Bertz CT molecular complexity index is 1040. The first-order valence-electron chi connectivity index (χ1n) is 10.7. The zero-order valence-corrected chi connectivity index (χ0v) is 18.6. The highest BCUT2D eigenvalue weighted by Crippen LogP contribution is 2.37. The van der Waals surface area contributed by atoms with Gasteiger partial charge in [-0.25, -0.2) is 8.42 Å². The number of ether oxygens (including phenoxy) is 2. The molecule has 4 rings (SSSR count). The molecule has 1 amide bonds. The number of hydrogen-bond acceptors (Lipinski definition) is 5. The van der Waals surface area contributed by atoms with Gasteiger partial charge < -0.3 is 14.8 Å². The van der Waals surface area contributed by atoms with E-state index in [4.69, 9.17) is 9.47 Å². The topological polar surface area (TPSA) is 81.7 Å². The van der Waals surface area contributed by atoms with Crippen LogP contribution in [0.3, 0.4) is 0 Å². The Hall–Kier alpha value is -2.38. The number of benzene rings is 2. The van der Waals surface area contributed by atoms with Crippen LogP contribution in [0.25, 0.3) is 11.1 Å². The van der Waals surface area contributed by atoms with Crippen LogP contribution in [0.1, 0.15) is 24.8 Å². The molecule has 6 nitrogen and oxygen atoms in total. The Morgan fingerprint density at radius 2 is 1.94 bits per heavy atom. The number of methoxy groups -OCH3 is 1. The molecule has 1 unspecified atom stereocenters. The molecular formula is C24H29NO5S. The van der Waals surface area contributed by atoms with Gasteiger partial charge in [0.05, 0.1) is 24.0 Å². The molecule has 1 atom stereocenters. The van der Waals surface area contributed by atoms with E-state index in [2.05, 4.69) is 11.4 Å². The summed E-state index contributed by atoms with van der Waals surface area (Å²) < 4.78 is 34.7. The number of hydrogen-bond donors (Lipinski definition) is 1. The predicted molar refractivity (Wildman–Crippen MR) is 120 cm³/mol. The summed E-state index contributed by atoms with van der Waals surface area (Å²) in [6, 6.07) is 15.8. The SMILES string of the molecule is COc1ccccc1-c1cccc(CC2(C(=O)NC3CCS(=O)(=O)C3)CCOCC2)c1. The number of para-hydroxylation sites is 1. The van der Waals surface area contributed by atoms with Crippen LogP contribution < -0.4 is 10.1 Å². The zero-order valence-electron chi connectivity index (χ0n) is 17.8. The van der Waals surface area contributed by atoms with Crippen molar-refractivity contribution in [3.63, 3.8) is 0 Å². The van der Waals surface area contributed by atoms with Gasteiger partial charge in [0.1, 0.15) is 5.75 Å². The molecule has 2 aliphatic heterocycles. The Kier molecular flexibility index (Phi) is 6.34. The highest BCUT2D eigenvalue weighted by molar-refractivity contribution is 7.91. The Labute approximate surface area is 183 Å². The van der Waals surface area contributed by atoms with Crippen LogP contribution in [0, 0.1) is 5.41 Å². The fourth-order valence-corrected chi connectivity index (χ4v) is 6.29. The van der Waals surface area contributed by atoms with E-state index in [1.807, 2.05) is 42.5 Å². The van der Waals surface area contributed by atoms with Gasteiger partial charge in [-0.3, -0.25) is 4.79 Å². The average molecular weight is 444 g/mol. The summed E-state index contributed by atoms with van der Waals surface area (Å²) in [6.07, 6.45) is 2.32. The van der Waals surface area contributed by atoms with Crippen LogP contribution in [0.4, 0.5) is 0 Å². The maximum Gasteiger partial charge on any atom is 0.226 e. The summed E-state index contributed by atoms with van der Waals surface area (Å²) in [7, 11) is -1.38. The molecule has 2 heterocycles. The summed E-state index contributed by atoms with van der Waals surface area (Å²) in [5.41, 5.74) is 2.52. The molecule has 0 aliphatic carbocycles. The largest absolute Gasteiger partial charge is 0.496 e. The number of nitrogens with one attached hydrogen (secondary N) is 1. The van der Waals surface area contributed by atoms with Crippen molar-refractivity contribution in [1.82, 2.24) is 5.32 Å². The Balaban J connectivity index is 1.57. The fraction of sp³-hybridized carbons (Fsp3) is 0.458. The van der Waals surface area contributed by atoms with E-state index < -0.39 is 15.3 Å². The molecule has 7 heteroatoms. The lowest BCUT2D eigenvalue weighted by Crippen LogP contribution is -2.49. The zero-order chi connectivity index (χ0) is 21.9. The lowest BCUT2D eigenvalue weighted by molar-refractivity contribution is -0.137. The predicted octanol–water partition coefficient (Wildman–Crippen LogP) is 3.00. The maximum atomic E-state index is 13.4. The van der Waals surface area contributed by atoms with Gasteiger partial charge >= 0.3 is 0 Å². The van der Waals surface area contributed by atoms with E-state index in [1.165, 1.54) is 0 Å². The number of sulfone groups is 1. The lowest BCUT2D eigenvalue weighted by atomic mass is 9.74. The van der Waals surface area contributed by atoms with Gasteiger partial charge in [0.15, 0.2) is 9.84 Å². The maximum absolute atomic E-state index is 13.4. The van der Waals surface area contributed by atoms with Crippen molar-refractivity contribution >= 4 is 15.7 Å². The second kappa shape index (κ2) is 9.01. The number of rotatable bonds is 6. The quantitative estimate of drug-likeness (QED) is 0.742. The molecule has 1 N–H and O–H groups in total. The first kappa shape index (κ1) is 21.8. The van der Waals surface area contributed by atoms with E-state index >= 15 is 0 Å². The van der Waals surface area contributed by atoms with Crippen molar-refractivity contribution in [2.24, 2.45) is 5.41 Å². The molecule has 2 aromatic rings. The van der Waals surface area contributed by atoms with Gasteiger partial charge in [-0.15, -0.1) is 0 Å². The third-order valence-electron chi connectivity index (χ3n) is 6.39. The minimum Gasteiger partial charge on any atom is -0.496 e. The molecule has 2 fully saturated rings. The highest BCUT2D eigenvalue weighted by atomic mass is 32.2. The van der Waals surface area contributed by atoms with Gasteiger partial charge in [-0.05, 0) is 42.9 Å². The van der Waals surface area contributed by atoms with Crippen LogP contribution in [0.5, 0.6) is 5.75 Å². The second-order valence-corrected chi connectivity index (χ2v) is 10.8. The molecule has 2 aliphatic rings. The molecule has 0 bridgehead atoms. The van der Waals surface area contributed by atoms with Gasteiger partial charge in [-0.2, -0.15) is 0 Å². The van der Waals surface area contributed by atoms with E-state index in [-0.39, 0.29) is 23.5 Å². The molecular weight excluding hydrogens is 414 g/mol. The van der Waals surface area contributed by atoms with Gasteiger partial charge in [0.2, 0.25) is 5.91 Å². The first-order valence-corrected chi connectivity index (χ1v) is 12.5. The van der Waals surface area contributed by atoms with Crippen molar-refractivity contribution in [3.8, 4) is 16.9 Å². The van der Waals surface area contributed by atoms with Crippen LogP contribution in [-0.2, 0) is 25.8 Å². The average Bonchev–Trinajstić information content (AvgIpc) is 3.12. The minimum absolute atomic E-state index is 0.0363. The number of carbonyl (C=O) groups is 1. The molecule has 0 radical (unpaired) electrons. The van der Waals surface area contributed by atoms with Gasteiger partial charge in [0.25, 0.3) is 0 Å². The number of amides is 1. The molecule has 2 saturated heterocycles. The van der Waals surface area contributed by atoms with Crippen molar-refractivity contribution in [2.45, 2.75) is 31.7 Å². The van der Waals surface area contributed by atoms with Crippen LogP contribution in [0.2, 0.25) is 0 Å². The lowest BCUT2D eigenvalue weighted by Gasteiger charge is -2.37. The normalized spacial score (nSPS) is 22.0. The monoisotopic (exact) mass is 443 g/mol. The third-order valence-corrected chi connectivity index (χ3v) is 8.15. The molecule has 166 valence electrons. The highest BCUT2D eigenvalue weighted by Gasteiger charge is 2.42. The van der Waals surface area contributed by atoms with Crippen molar-refractivity contribution in [2.75, 3.05) is 31.8 Å². The molecule has 0 saturated carbocycles. The van der Waals surface area contributed by atoms with Gasteiger partial charge in [-0.1, -0.05) is 42.5 Å². The summed E-state index contributed by atoms with van der Waals surface area (Å²) >= 11 is 0. The summed E-state index contributed by atoms with van der Waals surface area (Å²) in [6.45, 7) is 1.06. The molecule has 0 spiro atoms. The minimum atomic E-state index is -3.04. The second-order valence-electron chi connectivity index (χ2n) is 8.54.